The lowest BCUT2D eigenvalue weighted by atomic mass is 9.95. The first kappa shape index (κ1) is 31.6. The number of fused-ring (bicyclic) bond motifs is 1. The van der Waals surface area contributed by atoms with E-state index in [9.17, 15) is 14.4 Å². The molecule has 2 aromatic carbocycles. The summed E-state index contributed by atoms with van der Waals surface area (Å²) in [6, 6.07) is 11.8. The van der Waals surface area contributed by atoms with Crippen molar-refractivity contribution in [2.45, 2.75) is 59.5 Å². The van der Waals surface area contributed by atoms with Gasteiger partial charge in [-0.25, -0.2) is 10.2 Å². The second-order valence-corrected chi connectivity index (χ2v) is 10.8. The summed E-state index contributed by atoms with van der Waals surface area (Å²) in [6.07, 6.45) is 4.42. The zero-order chi connectivity index (χ0) is 30.8. The molecule has 10 nitrogen and oxygen atoms in total. The third-order valence-electron chi connectivity index (χ3n) is 6.63. The molecule has 0 saturated heterocycles. The van der Waals surface area contributed by atoms with Gasteiger partial charge in [0.05, 0.1) is 31.6 Å². The number of thiophene rings is 1. The molecule has 3 aromatic rings. The molecule has 43 heavy (non-hydrogen) atoms. The van der Waals surface area contributed by atoms with Crippen LogP contribution in [0, 0.1) is 0 Å². The average molecular weight is 608 g/mol. The van der Waals surface area contributed by atoms with Gasteiger partial charge in [-0.05, 0) is 107 Å². The molecule has 1 atom stereocenters. The van der Waals surface area contributed by atoms with Crippen LogP contribution < -0.4 is 25.0 Å². The highest BCUT2D eigenvalue weighted by Gasteiger charge is 2.27. The molecule has 2 N–H and O–H groups in total. The fourth-order valence-corrected chi connectivity index (χ4v) is 5.87. The maximum Gasteiger partial charge on any atom is 0.341 e. The largest absolute Gasteiger partial charge is 0.490 e. The SMILES string of the molecule is CCOC(=O)c1c(NC(=O)c2ccc(O[C@@H](C)C(=O)N/N=C\c3ccc(OCC)c(OCC)c3)cc2)sc2c1CCCC2. The summed E-state index contributed by atoms with van der Waals surface area (Å²) in [5.74, 6) is 0.451. The van der Waals surface area contributed by atoms with E-state index < -0.39 is 18.0 Å². The minimum Gasteiger partial charge on any atom is -0.490 e. The van der Waals surface area contributed by atoms with Crippen LogP contribution in [-0.2, 0) is 22.4 Å². The van der Waals surface area contributed by atoms with E-state index in [1.54, 1.807) is 50.2 Å². The second kappa shape index (κ2) is 15.2. The monoisotopic (exact) mass is 607 g/mol. The molecule has 1 aliphatic carbocycles. The van der Waals surface area contributed by atoms with Gasteiger partial charge in [0, 0.05) is 10.4 Å². The van der Waals surface area contributed by atoms with Crippen LogP contribution in [0.2, 0.25) is 0 Å². The second-order valence-electron chi connectivity index (χ2n) is 9.68. The molecule has 0 radical (unpaired) electrons. The Bertz CT molecular complexity index is 1470. The van der Waals surface area contributed by atoms with Gasteiger partial charge in [0.1, 0.15) is 10.8 Å². The summed E-state index contributed by atoms with van der Waals surface area (Å²) in [7, 11) is 0. The van der Waals surface area contributed by atoms with Crippen LogP contribution in [0.5, 0.6) is 17.2 Å². The van der Waals surface area contributed by atoms with Crippen molar-refractivity contribution in [1.82, 2.24) is 5.43 Å². The number of nitrogens with one attached hydrogen (secondary N) is 2. The van der Waals surface area contributed by atoms with Crippen LogP contribution in [0.3, 0.4) is 0 Å². The maximum atomic E-state index is 13.1. The Hall–Kier alpha value is -4.38. The van der Waals surface area contributed by atoms with Crippen molar-refractivity contribution in [3.8, 4) is 17.2 Å². The van der Waals surface area contributed by atoms with Crippen LogP contribution >= 0.6 is 11.3 Å². The van der Waals surface area contributed by atoms with Gasteiger partial charge in [0.25, 0.3) is 11.8 Å². The van der Waals surface area contributed by atoms with Crippen LogP contribution in [0.15, 0.2) is 47.6 Å². The molecule has 0 spiro atoms. The van der Waals surface area contributed by atoms with E-state index >= 15 is 0 Å². The van der Waals surface area contributed by atoms with Gasteiger partial charge in [-0.3, -0.25) is 9.59 Å². The fourth-order valence-electron chi connectivity index (χ4n) is 4.60. The summed E-state index contributed by atoms with van der Waals surface area (Å²) in [5.41, 5.74) is 5.04. The molecule has 228 valence electrons. The van der Waals surface area contributed by atoms with Crippen molar-refractivity contribution in [1.29, 1.82) is 0 Å². The van der Waals surface area contributed by atoms with E-state index in [1.165, 1.54) is 17.6 Å². The molecule has 0 bridgehead atoms. The Morgan fingerprint density at radius 3 is 2.40 bits per heavy atom. The highest BCUT2D eigenvalue weighted by Crippen LogP contribution is 2.39. The molecule has 2 amide bonds. The number of hydrogen-bond donors (Lipinski definition) is 2. The number of nitrogens with zero attached hydrogens (tertiary/aromatic N) is 1. The van der Waals surface area contributed by atoms with Gasteiger partial charge < -0.3 is 24.3 Å². The number of rotatable bonds is 13. The number of benzene rings is 2. The number of esters is 1. The van der Waals surface area contributed by atoms with Crippen LogP contribution in [0.1, 0.15) is 77.3 Å². The fraction of sp³-hybridized carbons (Fsp3) is 0.375. The minimum atomic E-state index is -0.847. The number of hydrogen-bond acceptors (Lipinski definition) is 9. The Morgan fingerprint density at radius 2 is 1.67 bits per heavy atom. The first-order chi connectivity index (χ1) is 20.8. The first-order valence-corrected chi connectivity index (χ1v) is 15.3. The number of amides is 2. The van der Waals surface area contributed by atoms with Crippen molar-refractivity contribution in [2.75, 3.05) is 25.1 Å². The van der Waals surface area contributed by atoms with Crippen molar-refractivity contribution in [3.05, 3.63) is 69.6 Å². The Morgan fingerprint density at radius 1 is 0.953 bits per heavy atom. The van der Waals surface area contributed by atoms with E-state index in [0.29, 0.717) is 46.6 Å². The summed E-state index contributed by atoms with van der Waals surface area (Å²) in [4.78, 5) is 39.4. The lowest BCUT2D eigenvalue weighted by Crippen LogP contribution is -2.33. The molecule has 1 aromatic heterocycles. The molecule has 1 aliphatic rings. The molecule has 0 saturated carbocycles. The van der Waals surface area contributed by atoms with Crippen molar-refractivity contribution >= 4 is 40.3 Å². The molecule has 4 rings (SSSR count). The van der Waals surface area contributed by atoms with Crippen LogP contribution in [-0.4, -0.2) is 49.9 Å². The van der Waals surface area contributed by atoms with E-state index in [1.807, 2.05) is 19.9 Å². The lowest BCUT2D eigenvalue weighted by Gasteiger charge is -2.14. The van der Waals surface area contributed by atoms with Gasteiger partial charge in [-0.2, -0.15) is 5.10 Å². The third-order valence-corrected chi connectivity index (χ3v) is 7.84. The topological polar surface area (TPSA) is 125 Å². The summed E-state index contributed by atoms with van der Waals surface area (Å²) < 4.78 is 22.2. The standard InChI is InChI=1S/C32H37N3O7S/c1-5-39-25-17-12-21(18-26(25)40-6-2)19-33-35-29(36)20(4)42-23-15-13-22(14-16-23)30(37)34-31-28(32(38)41-7-3)24-10-8-9-11-27(24)43-31/h12-20H,5-11H2,1-4H3,(H,34,37)(H,35,36)/b33-19-/t20-/m0/s1. The number of carbonyl (C=O) groups excluding carboxylic acids is 3. The van der Waals surface area contributed by atoms with E-state index in [4.69, 9.17) is 18.9 Å². The zero-order valence-corrected chi connectivity index (χ0v) is 25.7. The molecule has 1 heterocycles. The Labute approximate surface area is 255 Å². The van der Waals surface area contributed by atoms with Crippen LogP contribution in [0.4, 0.5) is 5.00 Å². The molecule has 0 fully saturated rings. The smallest absolute Gasteiger partial charge is 0.341 e. The van der Waals surface area contributed by atoms with E-state index in [0.717, 1.165) is 41.7 Å². The van der Waals surface area contributed by atoms with E-state index in [-0.39, 0.29) is 12.5 Å². The quantitative estimate of drug-likeness (QED) is 0.144. The number of carbonyl (C=O) groups is 3. The average Bonchev–Trinajstić information content (AvgIpc) is 3.37. The lowest BCUT2D eigenvalue weighted by molar-refractivity contribution is -0.127. The molecule has 11 heteroatoms. The molecule has 0 unspecified atom stereocenters. The van der Waals surface area contributed by atoms with Gasteiger partial charge in [-0.1, -0.05) is 0 Å². The number of hydrazone groups is 1. The Kier molecular flexibility index (Phi) is 11.2. The van der Waals surface area contributed by atoms with Gasteiger partial charge in [-0.15, -0.1) is 11.3 Å². The first-order valence-electron chi connectivity index (χ1n) is 14.5. The normalized spacial score (nSPS) is 13.1. The van der Waals surface area contributed by atoms with Gasteiger partial charge in [0.15, 0.2) is 17.6 Å². The summed E-state index contributed by atoms with van der Waals surface area (Å²) in [6.45, 7) is 8.43. The maximum absolute atomic E-state index is 13.1. The molecule has 0 aliphatic heterocycles. The summed E-state index contributed by atoms with van der Waals surface area (Å²) >= 11 is 1.44. The van der Waals surface area contributed by atoms with Gasteiger partial charge >= 0.3 is 5.97 Å². The van der Waals surface area contributed by atoms with Crippen molar-refractivity contribution in [3.63, 3.8) is 0 Å². The predicted molar refractivity (Wildman–Crippen MR) is 166 cm³/mol. The highest BCUT2D eigenvalue weighted by atomic mass is 32.1. The van der Waals surface area contributed by atoms with E-state index in [2.05, 4.69) is 15.8 Å². The zero-order valence-electron chi connectivity index (χ0n) is 24.9. The highest BCUT2D eigenvalue weighted by molar-refractivity contribution is 7.17. The minimum absolute atomic E-state index is 0.263. The molecular weight excluding hydrogens is 570 g/mol. The Balaban J connectivity index is 1.34. The van der Waals surface area contributed by atoms with Crippen LogP contribution in [0.25, 0.3) is 0 Å². The third kappa shape index (κ3) is 8.13. The number of ether oxygens (including phenoxy) is 4. The predicted octanol–water partition coefficient (Wildman–Crippen LogP) is 5.77. The van der Waals surface area contributed by atoms with Gasteiger partial charge in [0.2, 0.25) is 0 Å². The van der Waals surface area contributed by atoms with Crippen molar-refractivity contribution in [2.24, 2.45) is 5.10 Å². The summed E-state index contributed by atoms with van der Waals surface area (Å²) in [5, 5.41) is 7.44. The van der Waals surface area contributed by atoms with Crippen molar-refractivity contribution < 1.29 is 33.3 Å². The number of anilines is 1. The number of aryl methyl sites for hydroxylation is 1. The molecular formula is C32H37N3O7S.